The van der Waals surface area contributed by atoms with Crippen molar-refractivity contribution in [3.63, 3.8) is 0 Å². The molecule has 1 fully saturated rings. The summed E-state index contributed by atoms with van der Waals surface area (Å²) in [6.07, 6.45) is 5.61. The molecule has 0 bridgehead atoms. The number of thioether (sulfide) groups is 1. The summed E-state index contributed by atoms with van der Waals surface area (Å²) in [6.45, 7) is 5.23. The van der Waals surface area contributed by atoms with Crippen molar-refractivity contribution in [2.75, 3.05) is 12.3 Å². The molecule has 1 aliphatic carbocycles. The predicted octanol–water partition coefficient (Wildman–Crippen LogP) is 4.54. The fraction of sp³-hybridized carbons (Fsp3) is 0.611. The van der Waals surface area contributed by atoms with E-state index in [-0.39, 0.29) is 5.54 Å². The zero-order valence-electron chi connectivity index (χ0n) is 13.2. The third-order valence-electron chi connectivity index (χ3n) is 4.47. The van der Waals surface area contributed by atoms with Crippen molar-refractivity contribution in [1.29, 1.82) is 5.26 Å². The van der Waals surface area contributed by atoms with Gasteiger partial charge in [-0.25, -0.2) is 0 Å². The molecule has 1 aliphatic rings. The minimum atomic E-state index is -0.260. The summed E-state index contributed by atoms with van der Waals surface area (Å²) in [7, 11) is 0. The number of benzene rings is 1. The van der Waals surface area contributed by atoms with Crippen molar-refractivity contribution >= 4 is 11.8 Å². The lowest BCUT2D eigenvalue weighted by Crippen LogP contribution is -2.47. The van der Waals surface area contributed by atoms with Crippen molar-refractivity contribution in [1.82, 2.24) is 5.32 Å². The second-order valence-electron chi connectivity index (χ2n) is 6.05. The molecule has 114 valence electrons. The number of hydrogen-bond acceptors (Lipinski definition) is 3. The summed E-state index contributed by atoms with van der Waals surface area (Å²) >= 11 is 1.91. The lowest BCUT2D eigenvalue weighted by atomic mass is 9.86. The molecule has 2 rings (SSSR count). The molecule has 3 heteroatoms. The third kappa shape index (κ3) is 4.25. The summed E-state index contributed by atoms with van der Waals surface area (Å²) < 4.78 is 0. The maximum atomic E-state index is 9.64. The number of hydrogen-bond donors (Lipinski definition) is 1. The molecule has 2 nitrogen and oxygen atoms in total. The van der Waals surface area contributed by atoms with Crippen LogP contribution in [0.3, 0.4) is 0 Å². The van der Waals surface area contributed by atoms with Crippen molar-refractivity contribution in [2.45, 2.75) is 56.4 Å². The molecule has 1 aromatic rings. The van der Waals surface area contributed by atoms with Crippen molar-refractivity contribution in [2.24, 2.45) is 5.92 Å². The highest BCUT2D eigenvalue weighted by molar-refractivity contribution is 7.99. The van der Waals surface area contributed by atoms with Crippen LogP contribution >= 0.6 is 11.8 Å². The van der Waals surface area contributed by atoms with E-state index >= 15 is 0 Å². The largest absolute Gasteiger partial charge is 0.299 e. The Morgan fingerprint density at radius 2 is 2.14 bits per heavy atom. The summed E-state index contributed by atoms with van der Waals surface area (Å²) in [5.74, 6) is 1.61. The molecule has 0 radical (unpaired) electrons. The SMILES string of the molecule is CCCNC1(C#N)CCCC1CCSc1ccc(C)cc1. The fourth-order valence-corrected chi connectivity index (χ4v) is 4.16. The van der Waals surface area contributed by atoms with Crippen LogP contribution in [0.2, 0.25) is 0 Å². The van der Waals surface area contributed by atoms with Crippen molar-refractivity contribution in [3.8, 4) is 6.07 Å². The molecular weight excluding hydrogens is 276 g/mol. The normalized spacial score (nSPS) is 24.9. The smallest absolute Gasteiger partial charge is 0.109 e. The molecule has 0 aliphatic heterocycles. The van der Waals surface area contributed by atoms with Gasteiger partial charge >= 0.3 is 0 Å². The Bertz CT molecular complexity index is 477. The minimum Gasteiger partial charge on any atom is -0.299 e. The van der Waals surface area contributed by atoms with Gasteiger partial charge < -0.3 is 0 Å². The van der Waals surface area contributed by atoms with Gasteiger partial charge in [0, 0.05) is 4.90 Å². The Hall–Kier alpha value is -0.980. The summed E-state index contributed by atoms with van der Waals surface area (Å²) in [5, 5.41) is 13.2. The van der Waals surface area contributed by atoms with Gasteiger partial charge in [-0.3, -0.25) is 5.32 Å². The zero-order valence-corrected chi connectivity index (χ0v) is 14.0. The van der Waals surface area contributed by atoms with Crippen LogP contribution in [0.25, 0.3) is 0 Å². The zero-order chi connectivity index (χ0) is 15.1. The van der Waals surface area contributed by atoms with E-state index in [9.17, 15) is 5.26 Å². The van der Waals surface area contributed by atoms with Crippen LogP contribution in [-0.2, 0) is 0 Å². The molecule has 1 aromatic carbocycles. The topological polar surface area (TPSA) is 35.8 Å². The molecule has 2 atom stereocenters. The highest BCUT2D eigenvalue weighted by Crippen LogP contribution is 2.38. The minimum absolute atomic E-state index is 0.260. The van der Waals surface area contributed by atoms with Gasteiger partial charge in [0.2, 0.25) is 0 Å². The summed E-state index contributed by atoms with van der Waals surface area (Å²) in [5.41, 5.74) is 1.05. The first-order valence-electron chi connectivity index (χ1n) is 8.06. The average Bonchev–Trinajstić information content (AvgIpc) is 2.91. The molecule has 0 spiro atoms. The van der Waals surface area contributed by atoms with Crippen molar-refractivity contribution in [3.05, 3.63) is 29.8 Å². The number of rotatable bonds is 7. The van der Waals surface area contributed by atoms with E-state index in [1.54, 1.807) is 0 Å². The Kier molecular flexibility index (Phi) is 6.14. The van der Waals surface area contributed by atoms with Gasteiger partial charge in [-0.15, -0.1) is 11.8 Å². The van der Waals surface area contributed by atoms with Gasteiger partial charge in [0.25, 0.3) is 0 Å². The average molecular weight is 302 g/mol. The van der Waals surface area contributed by atoms with E-state index in [1.807, 2.05) is 11.8 Å². The van der Waals surface area contributed by atoms with Crippen LogP contribution < -0.4 is 5.32 Å². The maximum Gasteiger partial charge on any atom is 0.109 e. The molecule has 0 amide bonds. The molecule has 1 N–H and O–H groups in total. The molecule has 21 heavy (non-hydrogen) atoms. The number of nitriles is 1. The molecule has 0 saturated heterocycles. The predicted molar refractivity (Wildman–Crippen MR) is 90.5 cm³/mol. The number of aryl methyl sites for hydroxylation is 1. The lowest BCUT2D eigenvalue weighted by Gasteiger charge is -2.30. The van der Waals surface area contributed by atoms with Crippen LogP contribution in [0.4, 0.5) is 0 Å². The van der Waals surface area contributed by atoms with Gasteiger partial charge in [-0.2, -0.15) is 5.26 Å². The molecular formula is C18H26N2S. The maximum absolute atomic E-state index is 9.64. The Balaban J connectivity index is 1.86. The van der Waals surface area contributed by atoms with Gasteiger partial charge in [-0.1, -0.05) is 31.0 Å². The number of nitrogens with zero attached hydrogens (tertiary/aromatic N) is 1. The Morgan fingerprint density at radius 3 is 2.81 bits per heavy atom. The van der Waals surface area contributed by atoms with E-state index in [2.05, 4.69) is 49.5 Å². The van der Waals surface area contributed by atoms with Crippen molar-refractivity contribution < 1.29 is 0 Å². The van der Waals surface area contributed by atoms with E-state index in [4.69, 9.17) is 0 Å². The quantitative estimate of drug-likeness (QED) is 0.751. The Morgan fingerprint density at radius 1 is 1.38 bits per heavy atom. The van der Waals surface area contributed by atoms with Gasteiger partial charge in [-0.05, 0) is 63.0 Å². The first-order chi connectivity index (χ1) is 10.2. The third-order valence-corrected chi connectivity index (χ3v) is 5.51. The van der Waals surface area contributed by atoms with Gasteiger partial charge in [0.1, 0.15) is 5.54 Å². The summed E-state index contributed by atoms with van der Waals surface area (Å²) in [6, 6.07) is 11.3. The molecule has 0 heterocycles. The monoisotopic (exact) mass is 302 g/mol. The molecule has 0 aromatic heterocycles. The van der Waals surface area contributed by atoms with Crippen LogP contribution in [0.5, 0.6) is 0 Å². The second kappa shape index (κ2) is 7.87. The highest BCUT2D eigenvalue weighted by Gasteiger charge is 2.42. The van der Waals surface area contributed by atoms with Gasteiger partial charge in [0.15, 0.2) is 0 Å². The van der Waals surface area contributed by atoms with E-state index in [0.717, 1.165) is 31.6 Å². The van der Waals surface area contributed by atoms with Crippen LogP contribution in [0.15, 0.2) is 29.2 Å². The second-order valence-corrected chi connectivity index (χ2v) is 7.22. The fourth-order valence-electron chi connectivity index (χ4n) is 3.19. The van der Waals surface area contributed by atoms with Crippen LogP contribution in [0.1, 0.15) is 44.6 Å². The highest BCUT2D eigenvalue weighted by atomic mass is 32.2. The van der Waals surface area contributed by atoms with E-state index < -0.39 is 0 Å². The van der Waals surface area contributed by atoms with Gasteiger partial charge in [0.05, 0.1) is 6.07 Å². The first-order valence-corrected chi connectivity index (χ1v) is 9.04. The summed E-state index contributed by atoms with van der Waals surface area (Å²) in [4.78, 5) is 1.34. The van der Waals surface area contributed by atoms with Crippen LogP contribution in [0, 0.1) is 24.2 Å². The van der Waals surface area contributed by atoms with E-state index in [0.29, 0.717) is 5.92 Å². The standard InChI is InChI=1S/C18H26N2S/c1-3-12-20-18(14-19)11-4-5-16(18)10-13-21-17-8-6-15(2)7-9-17/h6-9,16,20H,3-5,10-13H2,1-2H3. The number of nitrogens with one attached hydrogen (secondary N) is 1. The van der Waals surface area contributed by atoms with E-state index in [1.165, 1.54) is 23.3 Å². The molecule has 1 saturated carbocycles. The Labute approximate surface area is 133 Å². The molecule has 2 unspecified atom stereocenters. The van der Waals surface area contributed by atoms with Crippen LogP contribution in [-0.4, -0.2) is 17.8 Å². The first kappa shape index (κ1) is 16.4. The lowest BCUT2D eigenvalue weighted by molar-refractivity contribution is 0.311.